The molecule has 0 unspecified atom stereocenters. The molecule has 1 aliphatic carbocycles. The quantitative estimate of drug-likeness (QED) is 0.910. The van der Waals surface area contributed by atoms with Gasteiger partial charge in [-0.25, -0.2) is 0 Å². The van der Waals surface area contributed by atoms with Gasteiger partial charge in [-0.3, -0.25) is 9.48 Å². The Morgan fingerprint density at radius 1 is 1.45 bits per heavy atom. The Morgan fingerprint density at radius 3 is 2.95 bits per heavy atom. The molecule has 1 saturated carbocycles. The van der Waals surface area contributed by atoms with Crippen molar-refractivity contribution in [3.63, 3.8) is 0 Å². The van der Waals surface area contributed by atoms with Gasteiger partial charge in [0.15, 0.2) is 0 Å². The topological polar surface area (TPSA) is 46.9 Å². The molecule has 116 valence electrons. The van der Waals surface area contributed by atoms with Crippen molar-refractivity contribution in [3.8, 4) is 0 Å². The van der Waals surface area contributed by atoms with Crippen molar-refractivity contribution in [2.24, 2.45) is 13.0 Å². The molecule has 1 fully saturated rings. The minimum atomic E-state index is 0.0209. The number of carbonyl (C=O) groups is 1. The lowest BCUT2D eigenvalue weighted by molar-refractivity contribution is -0.122. The molecule has 1 aliphatic rings. The normalized spacial score (nSPS) is 20.0. The molecule has 1 heterocycles. The second-order valence-electron chi connectivity index (χ2n) is 5.68. The Bertz CT molecular complexity index is 698. The fourth-order valence-corrected chi connectivity index (χ4v) is 3.24. The highest BCUT2D eigenvalue weighted by atomic mass is 35.5. The van der Waals surface area contributed by atoms with Crippen LogP contribution in [0.2, 0.25) is 10.0 Å². The highest BCUT2D eigenvalue weighted by molar-refractivity contribution is 6.35. The molecule has 4 nitrogen and oxygen atoms in total. The van der Waals surface area contributed by atoms with Crippen molar-refractivity contribution in [2.75, 3.05) is 6.54 Å². The highest BCUT2D eigenvalue weighted by Crippen LogP contribution is 2.49. The smallest absolute Gasteiger partial charge is 0.223 e. The monoisotopic (exact) mass is 337 g/mol. The zero-order valence-corrected chi connectivity index (χ0v) is 13.7. The first-order valence-corrected chi connectivity index (χ1v) is 8.00. The van der Waals surface area contributed by atoms with Crippen molar-refractivity contribution in [2.45, 2.75) is 18.8 Å². The summed E-state index contributed by atoms with van der Waals surface area (Å²) in [6, 6.07) is 5.46. The Balaban J connectivity index is 1.50. The molecule has 22 heavy (non-hydrogen) atoms. The maximum Gasteiger partial charge on any atom is 0.223 e. The molecule has 1 amide bonds. The molecule has 0 spiro atoms. The standard InChI is InChI=1S/C16H17Cl2N3O/c1-21-9-10(8-20-21)4-5-19-16(22)14-7-13(14)12-3-2-11(17)6-15(12)18/h2-3,6,8-9,13-14H,4-5,7H2,1H3,(H,19,22)/t13-,14+/m1/s1. The van der Waals surface area contributed by atoms with Gasteiger partial charge in [-0.1, -0.05) is 29.3 Å². The Morgan fingerprint density at radius 2 is 2.27 bits per heavy atom. The lowest BCUT2D eigenvalue weighted by Crippen LogP contribution is -2.27. The molecule has 1 N–H and O–H groups in total. The number of benzene rings is 1. The van der Waals surface area contributed by atoms with Gasteiger partial charge in [0.1, 0.15) is 0 Å². The molecule has 0 aliphatic heterocycles. The van der Waals surface area contributed by atoms with Crippen LogP contribution in [0.5, 0.6) is 0 Å². The molecule has 3 rings (SSSR count). The first-order chi connectivity index (χ1) is 10.5. The number of aryl methyl sites for hydroxylation is 1. The SMILES string of the molecule is Cn1cc(CCNC(=O)[C@H]2C[C@@H]2c2ccc(Cl)cc2Cl)cn1. The van der Waals surface area contributed by atoms with Crippen LogP contribution < -0.4 is 5.32 Å². The minimum absolute atomic E-state index is 0.0209. The van der Waals surface area contributed by atoms with Gasteiger partial charge in [0.25, 0.3) is 0 Å². The summed E-state index contributed by atoms with van der Waals surface area (Å²) in [7, 11) is 1.88. The van der Waals surface area contributed by atoms with E-state index >= 15 is 0 Å². The Hall–Kier alpha value is -1.52. The third-order valence-electron chi connectivity index (χ3n) is 3.96. The van der Waals surface area contributed by atoms with Crippen molar-refractivity contribution in [1.82, 2.24) is 15.1 Å². The maximum atomic E-state index is 12.2. The molecule has 2 atom stereocenters. The van der Waals surface area contributed by atoms with Gasteiger partial charge >= 0.3 is 0 Å². The van der Waals surface area contributed by atoms with Crippen LogP contribution in [0.1, 0.15) is 23.5 Å². The summed E-state index contributed by atoms with van der Waals surface area (Å²) >= 11 is 12.1. The van der Waals surface area contributed by atoms with Crippen LogP contribution in [0.25, 0.3) is 0 Å². The van der Waals surface area contributed by atoms with E-state index in [9.17, 15) is 4.79 Å². The minimum Gasteiger partial charge on any atom is -0.356 e. The van der Waals surface area contributed by atoms with Crippen molar-refractivity contribution < 1.29 is 4.79 Å². The van der Waals surface area contributed by atoms with Gasteiger partial charge < -0.3 is 5.32 Å². The van der Waals surface area contributed by atoms with Gasteiger partial charge in [-0.05, 0) is 42.0 Å². The first-order valence-electron chi connectivity index (χ1n) is 7.25. The predicted octanol–water partition coefficient (Wildman–Crippen LogP) is 3.19. The number of carbonyl (C=O) groups excluding carboxylic acids is 1. The summed E-state index contributed by atoms with van der Waals surface area (Å²) in [4.78, 5) is 12.2. The fourth-order valence-electron chi connectivity index (χ4n) is 2.69. The lowest BCUT2D eigenvalue weighted by atomic mass is 10.1. The van der Waals surface area contributed by atoms with Gasteiger partial charge in [0, 0.05) is 35.8 Å². The van der Waals surface area contributed by atoms with Crippen LogP contribution in [-0.2, 0) is 18.3 Å². The van der Waals surface area contributed by atoms with Crippen LogP contribution in [-0.4, -0.2) is 22.2 Å². The number of nitrogens with one attached hydrogen (secondary N) is 1. The van der Waals surface area contributed by atoms with E-state index < -0.39 is 0 Å². The lowest BCUT2D eigenvalue weighted by Gasteiger charge is -2.06. The van der Waals surface area contributed by atoms with Crippen molar-refractivity contribution in [3.05, 3.63) is 51.8 Å². The predicted molar refractivity (Wildman–Crippen MR) is 87.2 cm³/mol. The van der Waals surface area contributed by atoms with E-state index in [2.05, 4.69) is 10.4 Å². The van der Waals surface area contributed by atoms with E-state index in [1.165, 1.54) is 0 Å². The number of hydrogen-bond donors (Lipinski definition) is 1. The molecule has 0 bridgehead atoms. The molecule has 6 heteroatoms. The number of aromatic nitrogens is 2. The van der Waals surface area contributed by atoms with E-state index in [-0.39, 0.29) is 17.7 Å². The average Bonchev–Trinajstić information content (AvgIpc) is 3.15. The third kappa shape index (κ3) is 3.45. The zero-order chi connectivity index (χ0) is 15.7. The average molecular weight is 338 g/mol. The molecule has 2 aromatic rings. The summed E-state index contributed by atoms with van der Waals surface area (Å²) in [5.41, 5.74) is 2.13. The van der Waals surface area contributed by atoms with Crippen molar-refractivity contribution in [1.29, 1.82) is 0 Å². The number of halogens is 2. The van der Waals surface area contributed by atoms with Crippen LogP contribution in [0.3, 0.4) is 0 Å². The summed E-state index contributed by atoms with van der Waals surface area (Å²) in [6.07, 6.45) is 5.41. The second kappa shape index (κ2) is 6.31. The zero-order valence-electron chi connectivity index (χ0n) is 12.2. The van der Waals surface area contributed by atoms with E-state index in [4.69, 9.17) is 23.2 Å². The van der Waals surface area contributed by atoms with Gasteiger partial charge in [0.05, 0.1) is 6.20 Å². The molecular formula is C16H17Cl2N3O. The largest absolute Gasteiger partial charge is 0.356 e. The Labute approximate surface area is 139 Å². The molecule has 1 aromatic carbocycles. The van der Waals surface area contributed by atoms with Crippen LogP contribution in [0.4, 0.5) is 0 Å². The summed E-state index contributed by atoms with van der Waals surface area (Å²) in [5.74, 6) is 0.329. The number of nitrogens with zero attached hydrogens (tertiary/aromatic N) is 2. The summed E-state index contributed by atoms with van der Waals surface area (Å²) < 4.78 is 1.76. The highest BCUT2D eigenvalue weighted by Gasteiger charge is 2.44. The fraction of sp³-hybridized carbons (Fsp3) is 0.375. The Kier molecular flexibility index (Phi) is 4.41. The van der Waals surface area contributed by atoms with E-state index in [1.54, 1.807) is 10.7 Å². The maximum absolute atomic E-state index is 12.2. The van der Waals surface area contributed by atoms with E-state index in [0.29, 0.717) is 16.6 Å². The second-order valence-corrected chi connectivity index (χ2v) is 6.52. The summed E-state index contributed by atoms with van der Waals surface area (Å²) in [5, 5.41) is 8.36. The molecule has 1 aromatic heterocycles. The van der Waals surface area contributed by atoms with Crippen LogP contribution in [0, 0.1) is 5.92 Å². The molecule has 0 saturated heterocycles. The number of hydrogen-bond acceptors (Lipinski definition) is 2. The van der Waals surface area contributed by atoms with Gasteiger partial charge in [0.2, 0.25) is 5.91 Å². The van der Waals surface area contributed by atoms with Gasteiger partial charge in [-0.2, -0.15) is 5.10 Å². The van der Waals surface area contributed by atoms with E-state index in [1.807, 2.05) is 31.6 Å². The van der Waals surface area contributed by atoms with Crippen LogP contribution >= 0.6 is 23.2 Å². The number of rotatable bonds is 5. The van der Waals surface area contributed by atoms with E-state index in [0.717, 1.165) is 24.0 Å². The molecule has 0 radical (unpaired) electrons. The molecular weight excluding hydrogens is 321 g/mol. The third-order valence-corrected chi connectivity index (χ3v) is 4.52. The summed E-state index contributed by atoms with van der Waals surface area (Å²) in [6.45, 7) is 0.627. The van der Waals surface area contributed by atoms with Crippen LogP contribution in [0.15, 0.2) is 30.6 Å². The van der Waals surface area contributed by atoms with Crippen molar-refractivity contribution >= 4 is 29.1 Å². The first kappa shape index (κ1) is 15.4. The number of amides is 1. The van der Waals surface area contributed by atoms with Gasteiger partial charge in [-0.15, -0.1) is 0 Å².